The number of sulfonamides is 1. The van der Waals surface area contributed by atoms with Gasteiger partial charge in [-0.2, -0.15) is 21.3 Å². The van der Waals surface area contributed by atoms with Gasteiger partial charge in [0.05, 0.1) is 19.0 Å². The lowest BCUT2D eigenvalue weighted by molar-refractivity contribution is 0.0694. The Kier molecular flexibility index (Phi) is 5.94. The number of hydrogen-bond donors (Lipinski definition) is 0. The lowest BCUT2D eigenvalue weighted by atomic mass is 10.2. The fourth-order valence-corrected chi connectivity index (χ4v) is 6.11. The number of nitrogens with zero attached hydrogens (tertiary/aromatic N) is 3. The molecule has 1 aromatic carbocycles. The largest absolute Gasteiger partial charge is 0.379 e. The molecule has 0 aliphatic carbocycles. The second-order valence-corrected chi connectivity index (χ2v) is 10.1. The minimum atomic E-state index is -3.64. The Morgan fingerprint density at radius 1 is 0.885 bits per heavy atom. The SMILES string of the molecule is O=S(=O)(Cc1cccc(F)c1)N1CCN(S(=O)(=O)N2CCOCC2)CC1. The third-order valence-electron chi connectivity index (χ3n) is 4.45. The lowest BCUT2D eigenvalue weighted by Gasteiger charge is -2.37. The summed E-state index contributed by atoms with van der Waals surface area (Å²) in [7, 11) is -7.24. The molecule has 0 amide bonds. The molecule has 146 valence electrons. The van der Waals surface area contributed by atoms with Crippen LogP contribution < -0.4 is 0 Å². The molecule has 26 heavy (non-hydrogen) atoms. The highest BCUT2D eigenvalue weighted by atomic mass is 32.2. The summed E-state index contributed by atoms with van der Waals surface area (Å²) in [5.41, 5.74) is 0.369. The zero-order valence-corrected chi connectivity index (χ0v) is 15.9. The van der Waals surface area contributed by atoms with E-state index >= 15 is 0 Å². The van der Waals surface area contributed by atoms with Crippen molar-refractivity contribution in [2.24, 2.45) is 0 Å². The van der Waals surface area contributed by atoms with Gasteiger partial charge < -0.3 is 4.74 Å². The molecule has 2 saturated heterocycles. The monoisotopic (exact) mass is 407 g/mol. The molecule has 0 radical (unpaired) electrons. The van der Waals surface area contributed by atoms with E-state index in [4.69, 9.17) is 4.74 Å². The maximum atomic E-state index is 13.2. The summed E-state index contributed by atoms with van der Waals surface area (Å²) in [5, 5.41) is 0. The van der Waals surface area contributed by atoms with E-state index in [1.54, 1.807) is 6.07 Å². The van der Waals surface area contributed by atoms with Crippen molar-refractivity contribution in [3.8, 4) is 0 Å². The minimum Gasteiger partial charge on any atom is -0.379 e. The summed E-state index contributed by atoms with van der Waals surface area (Å²) in [6, 6.07) is 5.47. The molecular weight excluding hydrogens is 385 g/mol. The zero-order valence-electron chi connectivity index (χ0n) is 14.3. The van der Waals surface area contributed by atoms with E-state index in [9.17, 15) is 21.2 Å². The van der Waals surface area contributed by atoms with Crippen LogP contribution in [0.15, 0.2) is 24.3 Å². The van der Waals surface area contributed by atoms with Gasteiger partial charge in [-0.25, -0.2) is 12.8 Å². The van der Waals surface area contributed by atoms with Crippen molar-refractivity contribution in [1.29, 1.82) is 0 Å². The predicted molar refractivity (Wildman–Crippen MR) is 93.5 cm³/mol. The number of ether oxygens (including phenoxy) is 1. The Morgan fingerprint density at radius 3 is 2.08 bits per heavy atom. The molecule has 8 nitrogen and oxygen atoms in total. The number of hydrogen-bond acceptors (Lipinski definition) is 5. The van der Waals surface area contributed by atoms with E-state index in [0.717, 1.165) is 0 Å². The van der Waals surface area contributed by atoms with Gasteiger partial charge in [0.1, 0.15) is 5.82 Å². The van der Waals surface area contributed by atoms with Gasteiger partial charge in [0.15, 0.2) is 0 Å². The summed E-state index contributed by atoms with van der Waals surface area (Å²) < 4.78 is 72.7. The molecule has 2 fully saturated rings. The van der Waals surface area contributed by atoms with Crippen molar-refractivity contribution in [2.75, 3.05) is 52.5 Å². The third-order valence-corrected chi connectivity index (χ3v) is 8.34. The number of benzene rings is 1. The van der Waals surface area contributed by atoms with Gasteiger partial charge in [-0.15, -0.1) is 0 Å². The summed E-state index contributed by atoms with van der Waals surface area (Å²) in [6.45, 7) is 1.70. The first-order valence-corrected chi connectivity index (χ1v) is 11.3. The van der Waals surface area contributed by atoms with Crippen molar-refractivity contribution in [3.63, 3.8) is 0 Å². The van der Waals surface area contributed by atoms with Crippen molar-refractivity contribution >= 4 is 20.2 Å². The standard InChI is InChI=1S/C15H22FN3O5S2/c16-15-3-1-2-14(12-15)13-25(20,21)17-4-6-18(7-5-17)26(22,23)19-8-10-24-11-9-19/h1-3,12H,4-11,13H2. The average Bonchev–Trinajstić information content (AvgIpc) is 2.62. The van der Waals surface area contributed by atoms with Crippen LogP contribution in [0.4, 0.5) is 4.39 Å². The smallest absolute Gasteiger partial charge is 0.282 e. The van der Waals surface area contributed by atoms with Gasteiger partial charge in [-0.3, -0.25) is 0 Å². The molecular formula is C15H22FN3O5S2. The molecule has 0 unspecified atom stereocenters. The molecule has 1 aromatic rings. The van der Waals surface area contributed by atoms with Crippen LogP contribution in [0, 0.1) is 5.82 Å². The van der Waals surface area contributed by atoms with Gasteiger partial charge in [0.2, 0.25) is 10.0 Å². The quantitative estimate of drug-likeness (QED) is 0.678. The summed E-state index contributed by atoms with van der Waals surface area (Å²) >= 11 is 0. The fraction of sp³-hybridized carbons (Fsp3) is 0.600. The number of rotatable bonds is 5. The average molecular weight is 407 g/mol. The van der Waals surface area contributed by atoms with E-state index in [1.165, 1.54) is 31.1 Å². The van der Waals surface area contributed by atoms with E-state index < -0.39 is 26.0 Å². The zero-order chi connectivity index (χ0) is 18.8. The Labute approximate surface area is 153 Å². The summed E-state index contributed by atoms with van der Waals surface area (Å²) in [6.07, 6.45) is 0. The predicted octanol–water partition coefficient (Wildman–Crippen LogP) is -0.150. The number of halogens is 1. The van der Waals surface area contributed by atoms with Crippen LogP contribution in [-0.4, -0.2) is 82.2 Å². The van der Waals surface area contributed by atoms with E-state index in [2.05, 4.69) is 0 Å². The van der Waals surface area contributed by atoms with Crippen LogP contribution in [0.3, 0.4) is 0 Å². The third kappa shape index (κ3) is 4.41. The van der Waals surface area contributed by atoms with E-state index in [0.29, 0.717) is 31.9 Å². The van der Waals surface area contributed by atoms with E-state index in [-0.39, 0.29) is 31.9 Å². The van der Waals surface area contributed by atoms with Gasteiger partial charge in [0.25, 0.3) is 10.2 Å². The van der Waals surface area contributed by atoms with Crippen molar-refractivity contribution < 1.29 is 26.0 Å². The Morgan fingerprint density at radius 2 is 1.46 bits per heavy atom. The highest BCUT2D eigenvalue weighted by Gasteiger charge is 2.35. The number of morpholine rings is 1. The first kappa shape index (κ1) is 19.6. The van der Waals surface area contributed by atoms with Crippen LogP contribution in [0.5, 0.6) is 0 Å². The highest BCUT2D eigenvalue weighted by molar-refractivity contribution is 7.88. The Hall–Kier alpha value is -1.11. The Bertz CT molecular complexity index is 833. The van der Waals surface area contributed by atoms with Crippen LogP contribution in [0.25, 0.3) is 0 Å². The molecule has 0 atom stereocenters. The summed E-state index contributed by atoms with van der Waals surface area (Å²) in [5.74, 6) is -0.792. The molecule has 0 spiro atoms. The molecule has 0 saturated carbocycles. The first-order chi connectivity index (χ1) is 12.3. The molecule has 2 heterocycles. The van der Waals surface area contributed by atoms with Gasteiger partial charge in [0, 0.05) is 39.3 Å². The number of piperazine rings is 1. The molecule has 2 aliphatic rings. The lowest BCUT2D eigenvalue weighted by Crippen LogP contribution is -2.55. The maximum absolute atomic E-state index is 13.2. The normalized spacial score (nSPS) is 21.7. The highest BCUT2D eigenvalue weighted by Crippen LogP contribution is 2.18. The second kappa shape index (κ2) is 7.87. The second-order valence-electron chi connectivity index (χ2n) is 6.20. The van der Waals surface area contributed by atoms with Crippen molar-refractivity contribution in [2.45, 2.75) is 5.75 Å². The van der Waals surface area contributed by atoms with Crippen LogP contribution in [0.1, 0.15) is 5.56 Å². The first-order valence-electron chi connectivity index (χ1n) is 8.34. The fourth-order valence-electron chi connectivity index (χ4n) is 3.05. The molecule has 0 aromatic heterocycles. The van der Waals surface area contributed by atoms with Crippen molar-refractivity contribution in [1.82, 2.24) is 12.9 Å². The molecule has 11 heteroatoms. The Balaban J connectivity index is 1.62. The molecule has 3 rings (SSSR count). The van der Waals surface area contributed by atoms with E-state index in [1.807, 2.05) is 0 Å². The van der Waals surface area contributed by atoms with Gasteiger partial charge in [-0.1, -0.05) is 12.1 Å². The summed E-state index contributed by atoms with van der Waals surface area (Å²) in [4.78, 5) is 0. The van der Waals surface area contributed by atoms with Crippen molar-refractivity contribution in [3.05, 3.63) is 35.6 Å². The maximum Gasteiger partial charge on any atom is 0.282 e. The molecule has 0 N–H and O–H groups in total. The van der Waals surface area contributed by atoms with Crippen LogP contribution in [-0.2, 0) is 30.7 Å². The minimum absolute atomic E-state index is 0.0845. The molecule has 2 aliphatic heterocycles. The van der Waals surface area contributed by atoms with Gasteiger partial charge in [-0.05, 0) is 17.7 Å². The van der Waals surface area contributed by atoms with Crippen LogP contribution in [0.2, 0.25) is 0 Å². The van der Waals surface area contributed by atoms with Gasteiger partial charge >= 0.3 is 0 Å². The molecule has 0 bridgehead atoms. The topological polar surface area (TPSA) is 87.2 Å². The van der Waals surface area contributed by atoms with Crippen LogP contribution >= 0.6 is 0 Å².